The van der Waals surface area contributed by atoms with E-state index in [-0.39, 0.29) is 29.9 Å². The maximum absolute atomic E-state index is 13.1. The van der Waals surface area contributed by atoms with E-state index >= 15 is 0 Å². The molecule has 6 nitrogen and oxygen atoms in total. The fourth-order valence-electron chi connectivity index (χ4n) is 2.42. The second-order valence-electron chi connectivity index (χ2n) is 6.17. The first-order valence-corrected chi connectivity index (χ1v) is 8.55. The van der Waals surface area contributed by atoms with E-state index in [0.29, 0.717) is 17.4 Å². The lowest BCUT2D eigenvalue weighted by atomic mass is 10.0. The lowest BCUT2D eigenvalue weighted by Gasteiger charge is -2.15. The summed E-state index contributed by atoms with van der Waals surface area (Å²) in [6.45, 7) is 3.15. The zero-order valence-electron chi connectivity index (χ0n) is 16.0. The lowest BCUT2D eigenvalue weighted by molar-refractivity contribution is -0.141. The van der Waals surface area contributed by atoms with Crippen LogP contribution in [-0.2, 0) is 22.3 Å². The molecule has 0 saturated heterocycles. The summed E-state index contributed by atoms with van der Waals surface area (Å²) in [5, 5.41) is 9.38. The number of carbonyl (C=O) groups excluding carboxylic acids is 1. The van der Waals surface area contributed by atoms with Crippen molar-refractivity contribution in [2.24, 2.45) is 0 Å². The van der Waals surface area contributed by atoms with E-state index in [1.54, 1.807) is 38.1 Å². The van der Waals surface area contributed by atoms with E-state index in [0.717, 1.165) is 13.2 Å². The molecular formula is C20H20F3NO5. The van der Waals surface area contributed by atoms with Gasteiger partial charge in [0.15, 0.2) is 5.69 Å². The summed E-state index contributed by atoms with van der Waals surface area (Å²) in [5.41, 5.74) is -0.480. The number of methoxy groups -OCH3 is 1. The number of alkyl halides is 3. The van der Waals surface area contributed by atoms with Gasteiger partial charge in [-0.05, 0) is 25.0 Å². The first kappa shape index (κ1) is 22.1. The summed E-state index contributed by atoms with van der Waals surface area (Å²) >= 11 is 0. The van der Waals surface area contributed by atoms with Crippen LogP contribution in [0.4, 0.5) is 13.2 Å². The van der Waals surface area contributed by atoms with Crippen molar-refractivity contribution in [1.82, 2.24) is 4.98 Å². The average molecular weight is 411 g/mol. The van der Waals surface area contributed by atoms with Crippen LogP contribution < -0.4 is 9.47 Å². The Bertz CT molecular complexity index is 894. The molecule has 0 atom stereocenters. The fourth-order valence-corrected chi connectivity index (χ4v) is 2.42. The van der Waals surface area contributed by atoms with E-state index < -0.39 is 17.8 Å². The molecule has 1 heterocycles. The normalized spacial score (nSPS) is 12.0. The molecule has 0 unspecified atom stereocenters. The van der Waals surface area contributed by atoms with Crippen LogP contribution in [0.15, 0.2) is 42.7 Å². The SMILES string of the molecule is COC(=O)/C(=C/O)c1ccccc1COc1cc(OC(C)C)nc(C(F)(F)F)c1. The van der Waals surface area contributed by atoms with Crippen molar-refractivity contribution in [3.8, 4) is 11.6 Å². The number of aromatic nitrogens is 1. The molecule has 0 saturated carbocycles. The number of hydrogen-bond acceptors (Lipinski definition) is 6. The van der Waals surface area contributed by atoms with Gasteiger partial charge < -0.3 is 19.3 Å². The molecule has 0 fully saturated rings. The van der Waals surface area contributed by atoms with Crippen molar-refractivity contribution in [3.05, 3.63) is 59.5 Å². The molecule has 0 aliphatic rings. The van der Waals surface area contributed by atoms with Crippen molar-refractivity contribution < 1.29 is 37.3 Å². The minimum absolute atomic E-state index is 0.106. The van der Waals surface area contributed by atoms with Crippen LogP contribution >= 0.6 is 0 Å². The van der Waals surface area contributed by atoms with Crippen molar-refractivity contribution in [2.45, 2.75) is 32.7 Å². The molecule has 0 aliphatic carbocycles. The highest BCUT2D eigenvalue weighted by Crippen LogP contribution is 2.33. The molecule has 156 valence electrons. The summed E-state index contributed by atoms with van der Waals surface area (Å²) in [6.07, 6.45) is -4.45. The number of hydrogen-bond donors (Lipinski definition) is 1. The number of esters is 1. The highest BCUT2D eigenvalue weighted by Gasteiger charge is 2.34. The standard InChI is InChI=1S/C20H20F3NO5/c1-12(2)29-18-9-14(8-17(24-18)20(21,22)23)28-11-13-6-4-5-7-15(13)16(10-25)19(26)27-3/h4-10,12,25H,11H2,1-3H3/b16-10+. The molecule has 0 radical (unpaired) electrons. The number of nitrogens with zero attached hydrogens (tertiary/aromatic N) is 1. The Labute approximate surface area is 165 Å². The molecule has 29 heavy (non-hydrogen) atoms. The maximum Gasteiger partial charge on any atom is 0.433 e. The van der Waals surface area contributed by atoms with E-state index in [4.69, 9.17) is 9.47 Å². The second-order valence-corrected chi connectivity index (χ2v) is 6.17. The molecule has 2 rings (SSSR count). The molecule has 9 heteroatoms. The highest BCUT2D eigenvalue weighted by atomic mass is 19.4. The number of aliphatic hydroxyl groups excluding tert-OH is 1. The van der Waals surface area contributed by atoms with Crippen molar-refractivity contribution in [1.29, 1.82) is 0 Å². The predicted molar refractivity (Wildman–Crippen MR) is 98.4 cm³/mol. The van der Waals surface area contributed by atoms with Crippen LogP contribution in [0, 0.1) is 0 Å². The minimum atomic E-state index is -4.68. The fraction of sp³-hybridized carbons (Fsp3) is 0.300. The largest absolute Gasteiger partial charge is 0.515 e. The smallest absolute Gasteiger partial charge is 0.433 e. The lowest BCUT2D eigenvalue weighted by Crippen LogP contribution is -2.13. The Kier molecular flexibility index (Phi) is 7.08. The second kappa shape index (κ2) is 9.31. The third kappa shape index (κ3) is 5.87. The van der Waals surface area contributed by atoms with Gasteiger partial charge in [-0.3, -0.25) is 0 Å². The van der Waals surface area contributed by atoms with Gasteiger partial charge in [-0.2, -0.15) is 13.2 Å². The summed E-state index contributed by atoms with van der Waals surface area (Å²) in [4.78, 5) is 15.3. The summed E-state index contributed by atoms with van der Waals surface area (Å²) in [5.74, 6) is -1.09. The number of ether oxygens (including phenoxy) is 3. The Morgan fingerprint density at radius 2 is 1.93 bits per heavy atom. The summed E-state index contributed by atoms with van der Waals surface area (Å²) < 4.78 is 54.8. The van der Waals surface area contributed by atoms with Crippen molar-refractivity contribution >= 4 is 11.5 Å². The molecule has 0 bridgehead atoms. The summed E-state index contributed by atoms with van der Waals surface area (Å²) in [6, 6.07) is 8.47. The third-order valence-corrected chi connectivity index (χ3v) is 3.66. The van der Waals surface area contributed by atoms with E-state index in [1.807, 2.05) is 0 Å². The van der Waals surface area contributed by atoms with Crippen LogP contribution in [-0.4, -0.2) is 29.3 Å². The van der Waals surface area contributed by atoms with Gasteiger partial charge in [-0.1, -0.05) is 24.3 Å². The van der Waals surface area contributed by atoms with Gasteiger partial charge in [0, 0.05) is 12.1 Å². The molecular weight excluding hydrogens is 391 g/mol. The van der Waals surface area contributed by atoms with Crippen molar-refractivity contribution in [3.63, 3.8) is 0 Å². The minimum Gasteiger partial charge on any atom is -0.515 e. The van der Waals surface area contributed by atoms with E-state index in [9.17, 15) is 23.1 Å². The van der Waals surface area contributed by atoms with Gasteiger partial charge in [-0.15, -0.1) is 0 Å². The molecule has 1 aromatic heterocycles. The number of rotatable bonds is 7. The van der Waals surface area contributed by atoms with Crippen LogP contribution in [0.3, 0.4) is 0 Å². The maximum atomic E-state index is 13.1. The Balaban J connectivity index is 2.34. The van der Waals surface area contributed by atoms with Gasteiger partial charge in [0.25, 0.3) is 0 Å². The Hall–Kier alpha value is -3.23. The number of benzene rings is 1. The van der Waals surface area contributed by atoms with Gasteiger partial charge in [0.2, 0.25) is 5.88 Å². The summed E-state index contributed by atoms with van der Waals surface area (Å²) in [7, 11) is 1.16. The Morgan fingerprint density at radius 3 is 2.52 bits per heavy atom. The average Bonchev–Trinajstić information content (AvgIpc) is 2.66. The quantitative estimate of drug-likeness (QED) is 0.410. The molecule has 0 amide bonds. The van der Waals surface area contributed by atoms with Gasteiger partial charge in [0.1, 0.15) is 17.9 Å². The van der Waals surface area contributed by atoms with Gasteiger partial charge >= 0.3 is 12.1 Å². The van der Waals surface area contributed by atoms with Crippen LogP contribution in [0.25, 0.3) is 5.57 Å². The third-order valence-electron chi connectivity index (χ3n) is 3.66. The molecule has 1 N–H and O–H groups in total. The molecule has 0 aliphatic heterocycles. The molecule has 0 spiro atoms. The van der Waals surface area contributed by atoms with Crippen LogP contribution in [0.5, 0.6) is 11.6 Å². The number of carbonyl (C=O) groups is 1. The highest BCUT2D eigenvalue weighted by molar-refractivity contribution is 6.16. The van der Waals surface area contributed by atoms with Crippen LogP contribution in [0.2, 0.25) is 0 Å². The monoisotopic (exact) mass is 411 g/mol. The van der Waals surface area contributed by atoms with Gasteiger partial charge in [0.05, 0.1) is 19.5 Å². The number of halogens is 3. The van der Waals surface area contributed by atoms with Gasteiger partial charge in [-0.25, -0.2) is 9.78 Å². The number of aliphatic hydroxyl groups is 1. The zero-order chi connectivity index (χ0) is 21.6. The van der Waals surface area contributed by atoms with Crippen LogP contribution in [0.1, 0.15) is 30.7 Å². The van der Waals surface area contributed by atoms with E-state index in [2.05, 4.69) is 9.72 Å². The Morgan fingerprint density at radius 1 is 1.24 bits per heavy atom. The topological polar surface area (TPSA) is 77.9 Å². The van der Waals surface area contributed by atoms with Crippen molar-refractivity contribution in [2.75, 3.05) is 7.11 Å². The predicted octanol–water partition coefficient (Wildman–Crippen LogP) is 4.54. The first-order valence-electron chi connectivity index (χ1n) is 8.55. The molecule has 1 aromatic carbocycles. The first-order chi connectivity index (χ1) is 13.7. The number of pyridine rings is 1. The molecule has 2 aromatic rings. The van der Waals surface area contributed by atoms with E-state index in [1.165, 1.54) is 6.07 Å². The zero-order valence-corrected chi connectivity index (χ0v) is 16.0.